The van der Waals surface area contributed by atoms with Crippen LogP contribution in [0.4, 0.5) is 4.79 Å². The Labute approximate surface area is 72.8 Å². The van der Waals surface area contributed by atoms with Gasteiger partial charge in [-0.2, -0.15) is 0 Å². The second-order valence-electron chi connectivity index (χ2n) is 3.49. The van der Waals surface area contributed by atoms with E-state index in [1.54, 1.807) is 6.08 Å². The van der Waals surface area contributed by atoms with E-state index in [1.807, 2.05) is 0 Å². The molecule has 0 unspecified atom stereocenters. The van der Waals surface area contributed by atoms with E-state index in [1.165, 1.54) is 0 Å². The summed E-state index contributed by atoms with van der Waals surface area (Å²) in [5, 5.41) is 2.75. The van der Waals surface area contributed by atoms with Gasteiger partial charge in [-0.3, -0.25) is 0 Å². The maximum absolute atomic E-state index is 10.8. The predicted molar refractivity (Wildman–Crippen MR) is 46.8 cm³/mol. The first-order valence-corrected chi connectivity index (χ1v) is 4.23. The van der Waals surface area contributed by atoms with Crippen molar-refractivity contribution in [1.29, 1.82) is 0 Å². The Morgan fingerprint density at radius 1 is 1.75 bits per heavy atom. The highest BCUT2D eigenvalue weighted by atomic mass is 16.6. The molecule has 0 aromatic carbocycles. The molecule has 3 heteroatoms. The smallest absolute Gasteiger partial charge is 0.408 e. The van der Waals surface area contributed by atoms with E-state index in [4.69, 9.17) is 4.74 Å². The molecule has 3 nitrogen and oxygen atoms in total. The molecule has 1 aliphatic heterocycles. The maximum atomic E-state index is 10.8. The summed E-state index contributed by atoms with van der Waals surface area (Å²) in [6.45, 7) is 7.85. The maximum Gasteiger partial charge on any atom is 0.408 e. The first-order chi connectivity index (χ1) is 5.63. The summed E-state index contributed by atoms with van der Waals surface area (Å²) in [5.41, 5.74) is 0. The summed E-state index contributed by atoms with van der Waals surface area (Å²) in [6.07, 6.45) is 2.12. The Morgan fingerprint density at radius 2 is 2.42 bits per heavy atom. The molecular weight excluding hydrogens is 154 g/mol. The van der Waals surface area contributed by atoms with Gasteiger partial charge in [0.1, 0.15) is 6.10 Å². The second-order valence-corrected chi connectivity index (χ2v) is 3.49. The molecule has 0 saturated carbocycles. The van der Waals surface area contributed by atoms with Gasteiger partial charge in [0.15, 0.2) is 0 Å². The lowest BCUT2D eigenvalue weighted by molar-refractivity contribution is 0.151. The van der Waals surface area contributed by atoms with Gasteiger partial charge in [-0.25, -0.2) is 4.79 Å². The van der Waals surface area contributed by atoms with Crippen molar-refractivity contribution in [2.45, 2.75) is 32.4 Å². The Balaban J connectivity index is 2.51. The predicted octanol–water partition coefficient (Wildman–Crippen LogP) is 1.70. The van der Waals surface area contributed by atoms with Crippen LogP contribution >= 0.6 is 0 Å². The van der Waals surface area contributed by atoms with Crippen molar-refractivity contribution < 1.29 is 9.53 Å². The Bertz CT molecular complexity index is 189. The molecule has 0 spiro atoms. The normalized spacial score (nSPS) is 28.4. The van der Waals surface area contributed by atoms with Crippen LogP contribution in [0.25, 0.3) is 0 Å². The average Bonchev–Trinajstić information content (AvgIpc) is 2.29. The van der Waals surface area contributed by atoms with Gasteiger partial charge < -0.3 is 10.1 Å². The molecule has 68 valence electrons. The number of hydrogen-bond acceptors (Lipinski definition) is 2. The molecule has 0 radical (unpaired) electrons. The van der Waals surface area contributed by atoms with Gasteiger partial charge in [-0.15, -0.1) is 0 Å². The van der Waals surface area contributed by atoms with Gasteiger partial charge in [-0.05, 0) is 18.4 Å². The molecule has 12 heavy (non-hydrogen) atoms. The molecule has 2 atom stereocenters. The van der Waals surface area contributed by atoms with Crippen molar-refractivity contribution in [2.75, 3.05) is 0 Å². The standard InChI is InChI=1S/C9H15NO2/c1-4-8-7(5-6(2)3)10-9(11)12-8/h4,6-8H,1,5H2,2-3H3,(H,10,11)/t7-,8-/m0/s1. The highest BCUT2D eigenvalue weighted by molar-refractivity contribution is 5.70. The van der Waals surface area contributed by atoms with Crippen LogP contribution in [0.5, 0.6) is 0 Å². The van der Waals surface area contributed by atoms with Crippen LogP contribution < -0.4 is 5.32 Å². The highest BCUT2D eigenvalue weighted by Crippen LogP contribution is 2.16. The summed E-state index contributed by atoms with van der Waals surface area (Å²) in [7, 11) is 0. The number of carbonyl (C=O) groups is 1. The molecule has 1 fully saturated rings. The Kier molecular flexibility index (Phi) is 2.74. The number of nitrogens with one attached hydrogen (secondary N) is 1. The SMILES string of the molecule is C=C[C@@H]1OC(=O)N[C@H]1CC(C)C. The van der Waals surface area contributed by atoms with E-state index in [-0.39, 0.29) is 18.2 Å². The number of cyclic esters (lactones) is 1. The van der Waals surface area contributed by atoms with Crippen LogP contribution in [-0.2, 0) is 4.74 Å². The van der Waals surface area contributed by atoms with E-state index in [2.05, 4.69) is 25.7 Å². The molecule has 1 rings (SSSR count). The van der Waals surface area contributed by atoms with Gasteiger partial charge in [0.05, 0.1) is 6.04 Å². The number of amides is 1. The van der Waals surface area contributed by atoms with Crippen molar-refractivity contribution in [3.8, 4) is 0 Å². The van der Waals surface area contributed by atoms with E-state index in [0.717, 1.165) is 6.42 Å². The minimum atomic E-state index is -0.328. The zero-order chi connectivity index (χ0) is 9.14. The average molecular weight is 169 g/mol. The third-order valence-corrected chi connectivity index (χ3v) is 1.90. The third-order valence-electron chi connectivity index (χ3n) is 1.90. The summed E-state index contributed by atoms with van der Waals surface area (Å²) in [4.78, 5) is 10.8. The zero-order valence-corrected chi connectivity index (χ0v) is 7.54. The number of carbonyl (C=O) groups excluding carboxylic acids is 1. The molecule has 0 aromatic rings. The molecule has 1 heterocycles. The van der Waals surface area contributed by atoms with E-state index in [0.29, 0.717) is 5.92 Å². The van der Waals surface area contributed by atoms with Crippen LogP contribution in [-0.4, -0.2) is 18.2 Å². The van der Waals surface area contributed by atoms with Crippen LogP contribution in [0.3, 0.4) is 0 Å². The minimum Gasteiger partial charge on any atom is -0.440 e. The number of ether oxygens (including phenoxy) is 1. The molecule has 1 saturated heterocycles. The fourth-order valence-electron chi connectivity index (χ4n) is 1.39. The van der Waals surface area contributed by atoms with Crippen molar-refractivity contribution in [1.82, 2.24) is 5.32 Å². The van der Waals surface area contributed by atoms with Crippen LogP contribution in [0.15, 0.2) is 12.7 Å². The lowest BCUT2D eigenvalue weighted by atomic mass is 10.0. The van der Waals surface area contributed by atoms with Gasteiger partial charge in [0, 0.05) is 0 Å². The molecule has 1 aliphatic rings. The molecular formula is C9H15NO2. The van der Waals surface area contributed by atoms with Crippen LogP contribution in [0, 0.1) is 5.92 Å². The molecule has 0 aliphatic carbocycles. The van der Waals surface area contributed by atoms with Gasteiger partial charge in [0.2, 0.25) is 0 Å². The molecule has 0 bridgehead atoms. The minimum absolute atomic E-state index is 0.106. The second kappa shape index (κ2) is 3.61. The van der Waals surface area contributed by atoms with Gasteiger partial charge >= 0.3 is 6.09 Å². The van der Waals surface area contributed by atoms with Crippen molar-refractivity contribution >= 4 is 6.09 Å². The Morgan fingerprint density at radius 3 is 2.92 bits per heavy atom. The van der Waals surface area contributed by atoms with Crippen molar-refractivity contribution in [3.63, 3.8) is 0 Å². The number of hydrogen-bond donors (Lipinski definition) is 1. The fourth-order valence-corrected chi connectivity index (χ4v) is 1.39. The zero-order valence-electron chi connectivity index (χ0n) is 7.54. The summed E-state index contributed by atoms with van der Waals surface area (Å²) in [6, 6.07) is 0.106. The summed E-state index contributed by atoms with van der Waals surface area (Å²) < 4.78 is 4.96. The van der Waals surface area contributed by atoms with Crippen molar-refractivity contribution in [3.05, 3.63) is 12.7 Å². The first-order valence-electron chi connectivity index (χ1n) is 4.23. The molecule has 1 N–H and O–H groups in total. The highest BCUT2D eigenvalue weighted by Gasteiger charge is 2.31. The lowest BCUT2D eigenvalue weighted by Gasteiger charge is -2.14. The molecule has 0 aromatic heterocycles. The van der Waals surface area contributed by atoms with E-state index in [9.17, 15) is 4.79 Å². The van der Waals surface area contributed by atoms with E-state index >= 15 is 0 Å². The van der Waals surface area contributed by atoms with Gasteiger partial charge in [-0.1, -0.05) is 20.4 Å². The largest absolute Gasteiger partial charge is 0.440 e. The summed E-state index contributed by atoms with van der Waals surface area (Å²) >= 11 is 0. The first kappa shape index (κ1) is 9.10. The van der Waals surface area contributed by atoms with Crippen LogP contribution in [0.2, 0.25) is 0 Å². The van der Waals surface area contributed by atoms with Gasteiger partial charge in [0.25, 0.3) is 0 Å². The monoisotopic (exact) mass is 169 g/mol. The Hall–Kier alpha value is -0.990. The number of rotatable bonds is 3. The fraction of sp³-hybridized carbons (Fsp3) is 0.667. The quantitative estimate of drug-likeness (QED) is 0.653. The topological polar surface area (TPSA) is 38.3 Å². The van der Waals surface area contributed by atoms with Crippen molar-refractivity contribution in [2.24, 2.45) is 5.92 Å². The summed E-state index contributed by atoms with van der Waals surface area (Å²) in [5.74, 6) is 0.555. The van der Waals surface area contributed by atoms with Crippen LogP contribution in [0.1, 0.15) is 20.3 Å². The number of alkyl carbamates (subject to hydrolysis) is 1. The molecule has 1 amide bonds. The van der Waals surface area contributed by atoms with E-state index < -0.39 is 0 Å². The lowest BCUT2D eigenvalue weighted by Crippen LogP contribution is -2.31. The third kappa shape index (κ3) is 2.00.